The third-order valence-electron chi connectivity index (χ3n) is 6.32. The van der Waals surface area contributed by atoms with Crippen molar-refractivity contribution in [2.24, 2.45) is 0 Å². The van der Waals surface area contributed by atoms with Crippen LogP contribution in [0, 0.1) is 11.6 Å². The summed E-state index contributed by atoms with van der Waals surface area (Å²) >= 11 is 0. The largest absolute Gasteiger partial charge is 0.489 e. The van der Waals surface area contributed by atoms with Crippen LogP contribution >= 0.6 is 0 Å². The molecule has 0 saturated carbocycles. The minimum atomic E-state index is -1.86. The number of fused-ring (bicyclic) bond motifs is 1. The summed E-state index contributed by atoms with van der Waals surface area (Å²) in [4.78, 5) is 41.9. The predicted octanol–water partition coefficient (Wildman–Crippen LogP) is 3.90. The van der Waals surface area contributed by atoms with E-state index in [0.717, 1.165) is 28.7 Å². The number of hydrogen-bond donors (Lipinski definition) is 1. The average Bonchev–Trinajstić information content (AvgIpc) is 3.08. The molecule has 35 heavy (non-hydrogen) atoms. The Bertz CT molecular complexity index is 1330. The number of benzene rings is 3. The van der Waals surface area contributed by atoms with Gasteiger partial charge in [-0.05, 0) is 42.8 Å². The van der Waals surface area contributed by atoms with Gasteiger partial charge < -0.3 is 10.1 Å². The second-order valence-electron chi connectivity index (χ2n) is 8.54. The lowest BCUT2D eigenvalue weighted by Crippen LogP contribution is -2.48. The molecule has 1 saturated heterocycles. The molecule has 7 nitrogen and oxygen atoms in total. The van der Waals surface area contributed by atoms with Crippen molar-refractivity contribution in [3.8, 4) is 5.75 Å². The van der Waals surface area contributed by atoms with Crippen LogP contribution in [0.3, 0.4) is 0 Å². The van der Waals surface area contributed by atoms with Crippen LogP contribution in [0.25, 0.3) is 0 Å². The molecule has 2 aliphatic heterocycles. The van der Waals surface area contributed by atoms with E-state index in [1.807, 2.05) is 30.3 Å². The van der Waals surface area contributed by atoms with Crippen LogP contribution in [0.4, 0.5) is 19.3 Å². The summed E-state index contributed by atoms with van der Waals surface area (Å²) in [5.74, 6) is -2.48. The standard InChI is InChI=1S/C26H21F2N3O4/c1-26(18-13-17(27)11-12-19(18)28)24(33)30(25(34)29-26)14-23(32)31-20-9-5-6-10-22(20)35-15-21(31)16-7-3-2-4-8-16/h2-13,21H,14-15H2,1H3,(H,29,34)/t21-,26-/m0/s1. The fraction of sp³-hybridized carbons (Fsp3) is 0.192. The molecular weight excluding hydrogens is 456 g/mol. The first-order valence-corrected chi connectivity index (χ1v) is 11.0. The Morgan fingerprint density at radius 1 is 1.06 bits per heavy atom. The Morgan fingerprint density at radius 3 is 2.54 bits per heavy atom. The molecule has 0 spiro atoms. The minimum absolute atomic E-state index is 0.180. The molecule has 9 heteroatoms. The van der Waals surface area contributed by atoms with Crippen LogP contribution in [0.5, 0.6) is 5.75 Å². The van der Waals surface area contributed by atoms with Gasteiger partial charge in [-0.3, -0.25) is 19.4 Å². The van der Waals surface area contributed by atoms with E-state index >= 15 is 0 Å². The molecule has 0 bridgehead atoms. The highest BCUT2D eigenvalue weighted by atomic mass is 19.1. The zero-order valence-corrected chi connectivity index (χ0v) is 18.7. The van der Waals surface area contributed by atoms with Crippen molar-refractivity contribution in [3.05, 3.63) is 95.6 Å². The van der Waals surface area contributed by atoms with Crippen LogP contribution in [0.15, 0.2) is 72.8 Å². The molecule has 4 amide bonds. The smallest absolute Gasteiger partial charge is 0.325 e. The van der Waals surface area contributed by atoms with Gasteiger partial charge in [0, 0.05) is 5.56 Å². The molecule has 5 rings (SSSR count). The zero-order valence-electron chi connectivity index (χ0n) is 18.7. The number of anilines is 1. The lowest BCUT2D eigenvalue weighted by molar-refractivity contribution is -0.134. The third kappa shape index (κ3) is 3.78. The van der Waals surface area contributed by atoms with Crippen molar-refractivity contribution < 1.29 is 27.9 Å². The number of hydrogen-bond acceptors (Lipinski definition) is 4. The molecule has 0 unspecified atom stereocenters. The fourth-order valence-electron chi connectivity index (χ4n) is 4.53. The first kappa shape index (κ1) is 22.5. The van der Waals surface area contributed by atoms with Gasteiger partial charge in [0.05, 0.1) is 11.7 Å². The molecule has 0 aromatic heterocycles. The van der Waals surface area contributed by atoms with Crippen molar-refractivity contribution in [2.45, 2.75) is 18.5 Å². The molecule has 2 atom stereocenters. The van der Waals surface area contributed by atoms with Crippen LogP contribution in [0.1, 0.15) is 24.1 Å². The van der Waals surface area contributed by atoms with E-state index in [0.29, 0.717) is 11.4 Å². The maximum atomic E-state index is 14.5. The molecule has 3 aromatic rings. The van der Waals surface area contributed by atoms with E-state index in [4.69, 9.17) is 4.74 Å². The number of rotatable bonds is 4. The van der Waals surface area contributed by atoms with Gasteiger partial charge in [0.2, 0.25) is 5.91 Å². The Morgan fingerprint density at radius 2 is 1.77 bits per heavy atom. The zero-order chi connectivity index (χ0) is 24.7. The number of carbonyl (C=O) groups is 3. The SMILES string of the molecule is C[C@@]1(c2cc(F)ccc2F)NC(=O)N(CC(=O)N2c3ccccc3OC[C@H]2c2ccccc2)C1=O. The summed E-state index contributed by atoms with van der Waals surface area (Å²) in [6, 6.07) is 17.6. The number of halogens is 2. The van der Waals surface area contributed by atoms with Crippen molar-refractivity contribution in [1.82, 2.24) is 10.2 Å². The summed E-state index contributed by atoms with van der Waals surface area (Å²) in [5.41, 5.74) is -0.849. The van der Waals surface area contributed by atoms with Gasteiger partial charge in [0.1, 0.15) is 36.1 Å². The minimum Gasteiger partial charge on any atom is -0.489 e. The first-order chi connectivity index (χ1) is 16.8. The number of para-hydroxylation sites is 2. The Kier molecular flexibility index (Phi) is 5.47. The lowest BCUT2D eigenvalue weighted by Gasteiger charge is -2.37. The number of carbonyl (C=O) groups excluding carboxylic acids is 3. The summed E-state index contributed by atoms with van der Waals surface area (Å²) in [5, 5.41) is 2.42. The van der Waals surface area contributed by atoms with Gasteiger partial charge in [-0.1, -0.05) is 42.5 Å². The third-order valence-corrected chi connectivity index (χ3v) is 6.32. The van der Waals surface area contributed by atoms with Gasteiger partial charge in [-0.2, -0.15) is 0 Å². The summed E-state index contributed by atoms with van der Waals surface area (Å²) in [6.07, 6.45) is 0. The highest BCUT2D eigenvalue weighted by molar-refractivity contribution is 6.11. The number of nitrogens with one attached hydrogen (secondary N) is 1. The Balaban J connectivity index is 1.47. The monoisotopic (exact) mass is 477 g/mol. The predicted molar refractivity (Wildman–Crippen MR) is 123 cm³/mol. The van der Waals surface area contributed by atoms with Gasteiger partial charge in [0.15, 0.2) is 0 Å². The lowest BCUT2D eigenvalue weighted by atomic mass is 9.91. The molecule has 0 aliphatic carbocycles. The quantitative estimate of drug-likeness (QED) is 0.579. The molecule has 2 aliphatic rings. The fourth-order valence-corrected chi connectivity index (χ4v) is 4.53. The van der Waals surface area contributed by atoms with Crippen LogP contribution in [-0.4, -0.2) is 35.9 Å². The van der Waals surface area contributed by atoms with E-state index in [1.165, 1.54) is 11.8 Å². The van der Waals surface area contributed by atoms with Gasteiger partial charge in [0.25, 0.3) is 5.91 Å². The first-order valence-electron chi connectivity index (χ1n) is 11.0. The van der Waals surface area contributed by atoms with Crippen LogP contribution in [-0.2, 0) is 15.1 Å². The van der Waals surface area contributed by atoms with Crippen molar-refractivity contribution in [1.29, 1.82) is 0 Å². The average molecular weight is 477 g/mol. The van der Waals surface area contributed by atoms with Crippen molar-refractivity contribution in [3.63, 3.8) is 0 Å². The Labute approximate surface area is 199 Å². The molecule has 2 heterocycles. The maximum Gasteiger partial charge on any atom is 0.325 e. The van der Waals surface area contributed by atoms with E-state index < -0.39 is 47.6 Å². The molecule has 178 valence electrons. The van der Waals surface area contributed by atoms with Gasteiger partial charge in [-0.25, -0.2) is 13.6 Å². The number of nitrogens with zero attached hydrogens (tertiary/aromatic N) is 2. The molecule has 1 N–H and O–H groups in total. The second-order valence-corrected chi connectivity index (χ2v) is 8.54. The van der Waals surface area contributed by atoms with Crippen LogP contribution < -0.4 is 15.0 Å². The molecule has 3 aromatic carbocycles. The van der Waals surface area contributed by atoms with E-state index in [2.05, 4.69) is 5.32 Å². The second kappa shape index (κ2) is 8.50. The topological polar surface area (TPSA) is 79.0 Å². The molecule has 1 fully saturated rings. The van der Waals surface area contributed by atoms with E-state index in [9.17, 15) is 23.2 Å². The number of ether oxygens (including phenoxy) is 1. The van der Waals surface area contributed by atoms with Gasteiger partial charge >= 0.3 is 6.03 Å². The summed E-state index contributed by atoms with van der Waals surface area (Å²) in [6.45, 7) is 0.875. The van der Waals surface area contributed by atoms with E-state index in [-0.39, 0.29) is 12.2 Å². The van der Waals surface area contributed by atoms with Crippen molar-refractivity contribution in [2.75, 3.05) is 18.1 Å². The maximum absolute atomic E-state index is 14.5. The summed E-state index contributed by atoms with van der Waals surface area (Å²) < 4.78 is 34.2. The number of imide groups is 1. The van der Waals surface area contributed by atoms with Gasteiger partial charge in [-0.15, -0.1) is 0 Å². The van der Waals surface area contributed by atoms with Crippen LogP contribution in [0.2, 0.25) is 0 Å². The molecular formula is C26H21F2N3O4. The number of urea groups is 1. The van der Waals surface area contributed by atoms with Crippen molar-refractivity contribution >= 4 is 23.5 Å². The summed E-state index contributed by atoms with van der Waals surface area (Å²) in [7, 11) is 0. The normalized spacial score (nSPS) is 21.4. The Hall–Kier alpha value is -4.27. The molecule has 0 radical (unpaired) electrons. The van der Waals surface area contributed by atoms with E-state index in [1.54, 1.807) is 24.3 Å². The highest BCUT2D eigenvalue weighted by Crippen LogP contribution is 2.40. The highest BCUT2D eigenvalue weighted by Gasteiger charge is 2.51. The number of amides is 4.